The minimum atomic E-state index is -0.261. The number of hydrogen-bond acceptors (Lipinski definition) is 4. The van der Waals surface area contributed by atoms with Gasteiger partial charge in [-0.15, -0.1) is 0 Å². The van der Waals surface area contributed by atoms with E-state index in [2.05, 4.69) is 28.5 Å². The van der Waals surface area contributed by atoms with Gasteiger partial charge in [-0.05, 0) is 55.5 Å². The topological polar surface area (TPSA) is 54.8 Å². The molecule has 0 N–H and O–H groups in total. The van der Waals surface area contributed by atoms with Crippen LogP contribution >= 0.6 is 0 Å². The maximum absolute atomic E-state index is 12.2. The van der Waals surface area contributed by atoms with Crippen LogP contribution in [0.4, 0.5) is 0 Å². The summed E-state index contributed by atoms with van der Waals surface area (Å²) in [5, 5.41) is 0. The van der Waals surface area contributed by atoms with Gasteiger partial charge in [-0.25, -0.2) is 4.79 Å². The van der Waals surface area contributed by atoms with E-state index in [1.54, 1.807) is 19.0 Å². The average Bonchev–Trinajstić information content (AvgIpc) is 3.03. The summed E-state index contributed by atoms with van der Waals surface area (Å²) < 4.78 is 7.18. The number of esters is 1. The fraction of sp³-hybridized carbons (Fsp3) is 0.478. The van der Waals surface area contributed by atoms with Crippen LogP contribution in [0.5, 0.6) is 0 Å². The van der Waals surface area contributed by atoms with Crippen molar-refractivity contribution < 1.29 is 14.3 Å². The summed E-state index contributed by atoms with van der Waals surface area (Å²) in [6, 6.07) is 9.93. The number of aryl methyl sites for hydroxylation is 1. The van der Waals surface area contributed by atoms with E-state index in [1.165, 1.54) is 30.4 Å². The predicted molar refractivity (Wildman–Crippen MR) is 111 cm³/mol. The molecule has 0 atom stereocenters. The smallest absolute Gasteiger partial charge is 0.354 e. The number of nitrogens with zero attached hydrogens (tertiary/aromatic N) is 3. The van der Waals surface area contributed by atoms with Crippen molar-refractivity contribution in [3.05, 3.63) is 58.4 Å². The van der Waals surface area contributed by atoms with Crippen molar-refractivity contribution in [2.45, 2.75) is 44.8 Å². The maximum Gasteiger partial charge on any atom is 0.354 e. The van der Waals surface area contributed by atoms with Crippen LogP contribution in [0, 0.1) is 6.92 Å². The summed E-state index contributed by atoms with van der Waals surface area (Å²) in [7, 11) is 4.98. The van der Waals surface area contributed by atoms with Crippen LogP contribution in [0.15, 0.2) is 30.3 Å². The lowest BCUT2D eigenvalue weighted by Crippen LogP contribution is -2.56. The molecule has 0 bridgehead atoms. The van der Waals surface area contributed by atoms with Crippen LogP contribution in [0.3, 0.4) is 0 Å². The normalized spacial score (nSPS) is 17.5. The van der Waals surface area contributed by atoms with Gasteiger partial charge in [-0.3, -0.25) is 9.69 Å². The number of carbonyl (C=O) groups is 2. The first-order valence-corrected chi connectivity index (χ1v) is 10.2. The van der Waals surface area contributed by atoms with Crippen LogP contribution in [0.2, 0.25) is 0 Å². The Hall–Kier alpha value is -2.60. The molecule has 154 valence electrons. The maximum atomic E-state index is 12.2. The Morgan fingerprint density at radius 3 is 2.38 bits per heavy atom. The van der Waals surface area contributed by atoms with E-state index in [-0.39, 0.29) is 17.4 Å². The van der Waals surface area contributed by atoms with Crippen LogP contribution < -0.4 is 0 Å². The molecule has 1 spiro atoms. The molecule has 29 heavy (non-hydrogen) atoms. The zero-order valence-electron chi connectivity index (χ0n) is 17.7. The third kappa shape index (κ3) is 3.15. The highest BCUT2D eigenvalue weighted by Gasteiger charge is 2.49. The SMILES string of the molecule is COC(=O)c1cc(C)c2n1CCN(Cc1ccc(C(=O)N(C)C)cc1)C21CCC1. The molecule has 1 aliphatic carbocycles. The van der Waals surface area contributed by atoms with Gasteiger partial charge in [0.15, 0.2) is 0 Å². The number of aromatic nitrogens is 1. The van der Waals surface area contributed by atoms with Gasteiger partial charge in [0, 0.05) is 45.0 Å². The first kappa shape index (κ1) is 19.7. The number of methoxy groups -OCH3 is 1. The summed E-state index contributed by atoms with van der Waals surface area (Å²) in [5.41, 5.74) is 5.02. The Bertz CT molecular complexity index is 939. The van der Waals surface area contributed by atoms with Crippen molar-refractivity contribution in [2.75, 3.05) is 27.7 Å². The lowest BCUT2D eigenvalue weighted by Gasteiger charge is -2.54. The number of fused-ring (bicyclic) bond motifs is 2. The summed E-state index contributed by atoms with van der Waals surface area (Å²) >= 11 is 0. The van der Waals surface area contributed by atoms with Gasteiger partial charge in [-0.2, -0.15) is 0 Å². The monoisotopic (exact) mass is 395 g/mol. The molecule has 6 nitrogen and oxygen atoms in total. The highest BCUT2D eigenvalue weighted by molar-refractivity contribution is 5.93. The van der Waals surface area contributed by atoms with Gasteiger partial charge in [0.05, 0.1) is 12.6 Å². The van der Waals surface area contributed by atoms with E-state index in [1.807, 2.05) is 18.2 Å². The summed E-state index contributed by atoms with van der Waals surface area (Å²) in [4.78, 5) is 28.5. The molecule has 1 aromatic carbocycles. The second-order valence-electron chi connectivity index (χ2n) is 8.41. The van der Waals surface area contributed by atoms with Gasteiger partial charge >= 0.3 is 5.97 Å². The van der Waals surface area contributed by atoms with E-state index in [9.17, 15) is 9.59 Å². The van der Waals surface area contributed by atoms with Gasteiger partial charge in [-0.1, -0.05) is 12.1 Å². The summed E-state index contributed by atoms with van der Waals surface area (Å²) in [6.45, 7) is 4.62. The van der Waals surface area contributed by atoms with E-state index in [0.29, 0.717) is 11.3 Å². The minimum Gasteiger partial charge on any atom is -0.464 e. The zero-order chi connectivity index (χ0) is 20.8. The number of hydrogen-bond donors (Lipinski definition) is 0. The highest BCUT2D eigenvalue weighted by Crippen LogP contribution is 2.50. The van der Waals surface area contributed by atoms with Crippen molar-refractivity contribution in [1.29, 1.82) is 0 Å². The van der Waals surface area contributed by atoms with Crippen LogP contribution in [-0.2, 0) is 23.4 Å². The first-order chi connectivity index (χ1) is 13.9. The van der Waals surface area contributed by atoms with E-state index < -0.39 is 0 Å². The van der Waals surface area contributed by atoms with E-state index >= 15 is 0 Å². The molecular weight excluding hydrogens is 366 g/mol. The lowest BCUT2D eigenvalue weighted by molar-refractivity contribution is -0.0226. The standard InChI is InChI=1S/C23H29N3O3/c1-16-14-19(22(28)29-4)26-13-12-25(23(20(16)26)10-5-11-23)15-17-6-8-18(9-7-17)21(27)24(2)3/h6-9,14H,5,10-13,15H2,1-4H3. The van der Waals surface area contributed by atoms with Crippen molar-refractivity contribution >= 4 is 11.9 Å². The number of carbonyl (C=O) groups excluding carboxylic acids is 2. The number of amides is 1. The molecule has 1 aromatic heterocycles. The molecule has 1 fully saturated rings. The van der Waals surface area contributed by atoms with E-state index in [4.69, 9.17) is 4.74 Å². The fourth-order valence-electron chi connectivity index (χ4n) is 4.92. The molecule has 4 rings (SSSR count). The second-order valence-corrected chi connectivity index (χ2v) is 8.41. The predicted octanol–water partition coefficient (Wildman–Crippen LogP) is 3.18. The quantitative estimate of drug-likeness (QED) is 0.746. The zero-order valence-corrected chi connectivity index (χ0v) is 17.7. The van der Waals surface area contributed by atoms with Crippen LogP contribution in [0.1, 0.15) is 56.9 Å². The third-order valence-electron chi connectivity index (χ3n) is 6.48. The van der Waals surface area contributed by atoms with Crippen LogP contribution in [0.25, 0.3) is 0 Å². The first-order valence-electron chi connectivity index (χ1n) is 10.2. The molecule has 1 saturated carbocycles. The third-order valence-corrected chi connectivity index (χ3v) is 6.48. The van der Waals surface area contributed by atoms with Crippen molar-refractivity contribution in [1.82, 2.24) is 14.4 Å². The minimum absolute atomic E-state index is 0.00721. The van der Waals surface area contributed by atoms with Gasteiger partial charge in [0.2, 0.25) is 0 Å². The van der Waals surface area contributed by atoms with Crippen LogP contribution in [-0.4, -0.2) is 54.0 Å². The Morgan fingerprint density at radius 2 is 1.83 bits per heavy atom. The average molecular weight is 396 g/mol. The number of benzene rings is 1. The van der Waals surface area contributed by atoms with Gasteiger partial charge < -0.3 is 14.2 Å². The van der Waals surface area contributed by atoms with E-state index in [0.717, 1.165) is 32.5 Å². The summed E-state index contributed by atoms with van der Waals surface area (Å²) in [6.07, 6.45) is 3.41. The van der Waals surface area contributed by atoms with Crippen molar-refractivity contribution in [3.8, 4) is 0 Å². The summed E-state index contributed by atoms with van der Waals surface area (Å²) in [5.74, 6) is -0.239. The molecule has 0 unspecified atom stereocenters. The van der Waals surface area contributed by atoms with Gasteiger partial charge in [0.25, 0.3) is 5.91 Å². The molecular formula is C23H29N3O3. The molecule has 2 aromatic rings. The molecule has 1 amide bonds. The molecule has 6 heteroatoms. The molecule has 0 saturated heterocycles. The molecule has 2 heterocycles. The number of rotatable bonds is 4. The highest BCUT2D eigenvalue weighted by atomic mass is 16.5. The second kappa shape index (κ2) is 7.34. The molecule has 1 aliphatic heterocycles. The molecule has 0 radical (unpaired) electrons. The number of ether oxygens (including phenoxy) is 1. The Kier molecular flexibility index (Phi) is 4.99. The lowest BCUT2D eigenvalue weighted by atomic mass is 9.70. The largest absolute Gasteiger partial charge is 0.464 e. The van der Waals surface area contributed by atoms with Crippen molar-refractivity contribution in [3.63, 3.8) is 0 Å². The van der Waals surface area contributed by atoms with Gasteiger partial charge in [0.1, 0.15) is 5.69 Å². The molecule has 2 aliphatic rings. The Labute approximate surface area is 172 Å². The van der Waals surface area contributed by atoms with Crippen molar-refractivity contribution in [2.24, 2.45) is 0 Å². The Balaban J connectivity index is 1.61. The Morgan fingerprint density at radius 1 is 1.14 bits per heavy atom. The fourth-order valence-corrected chi connectivity index (χ4v) is 4.92.